The van der Waals surface area contributed by atoms with Crippen molar-refractivity contribution >= 4 is 0 Å². The summed E-state index contributed by atoms with van der Waals surface area (Å²) in [4.78, 5) is 2.62. The van der Waals surface area contributed by atoms with Gasteiger partial charge >= 0.3 is 0 Å². The molecule has 3 nitrogen and oxygen atoms in total. The zero-order valence-corrected chi connectivity index (χ0v) is 11.3. The molecule has 0 amide bonds. The van der Waals surface area contributed by atoms with Gasteiger partial charge < -0.3 is 15.0 Å². The monoisotopic (exact) mass is 240 g/mol. The number of rotatable bonds is 6. The van der Waals surface area contributed by atoms with Crippen molar-refractivity contribution in [1.82, 2.24) is 10.2 Å². The molecule has 1 atom stereocenters. The van der Waals surface area contributed by atoms with Gasteiger partial charge in [0.1, 0.15) is 0 Å². The first kappa shape index (κ1) is 13.3. The second-order valence-corrected chi connectivity index (χ2v) is 5.72. The van der Waals surface area contributed by atoms with Crippen LogP contribution in [-0.2, 0) is 4.74 Å². The Kier molecular flexibility index (Phi) is 5.75. The van der Waals surface area contributed by atoms with Gasteiger partial charge in [-0.1, -0.05) is 6.92 Å². The summed E-state index contributed by atoms with van der Waals surface area (Å²) in [6.07, 6.45) is 7.05. The molecule has 1 N–H and O–H groups in total. The first-order valence-electron chi connectivity index (χ1n) is 7.39. The van der Waals surface area contributed by atoms with Gasteiger partial charge in [-0.25, -0.2) is 0 Å². The number of hydrogen-bond acceptors (Lipinski definition) is 3. The first-order chi connectivity index (χ1) is 8.34. The lowest BCUT2D eigenvalue weighted by Gasteiger charge is -2.30. The third-order valence-electron chi connectivity index (χ3n) is 4.10. The summed E-state index contributed by atoms with van der Waals surface area (Å²) < 4.78 is 5.59. The Labute approximate surface area is 106 Å². The molecule has 1 unspecified atom stereocenters. The van der Waals surface area contributed by atoms with Gasteiger partial charge in [-0.05, 0) is 64.2 Å². The fourth-order valence-electron chi connectivity index (χ4n) is 2.78. The van der Waals surface area contributed by atoms with E-state index in [4.69, 9.17) is 4.74 Å². The lowest BCUT2D eigenvalue weighted by Crippen LogP contribution is -2.35. The van der Waals surface area contributed by atoms with Crippen molar-refractivity contribution in [2.45, 2.75) is 45.1 Å². The largest absolute Gasteiger partial charge is 0.377 e. The Hall–Kier alpha value is -0.120. The van der Waals surface area contributed by atoms with E-state index >= 15 is 0 Å². The van der Waals surface area contributed by atoms with Crippen LogP contribution in [0, 0.1) is 5.92 Å². The number of nitrogens with one attached hydrogen (secondary N) is 1. The number of hydrogen-bond donors (Lipinski definition) is 1. The van der Waals surface area contributed by atoms with E-state index in [2.05, 4.69) is 17.1 Å². The summed E-state index contributed by atoms with van der Waals surface area (Å²) in [7, 11) is 0. The number of likely N-dealkylation sites (tertiary alicyclic amines) is 1. The van der Waals surface area contributed by atoms with Crippen LogP contribution in [0.3, 0.4) is 0 Å². The molecule has 0 aliphatic carbocycles. The molecule has 2 aliphatic heterocycles. The molecule has 2 heterocycles. The zero-order valence-electron chi connectivity index (χ0n) is 11.3. The number of nitrogens with zero attached hydrogens (tertiary/aromatic N) is 1. The van der Waals surface area contributed by atoms with Crippen molar-refractivity contribution in [3.63, 3.8) is 0 Å². The van der Waals surface area contributed by atoms with Gasteiger partial charge in [-0.2, -0.15) is 0 Å². The fourth-order valence-corrected chi connectivity index (χ4v) is 2.78. The van der Waals surface area contributed by atoms with Crippen LogP contribution in [-0.4, -0.2) is 50.3 Å². The van der Waals surface area contributed by atoms with Crippen LogP contribution in [0.15, 0.2) is 0 Å². The molecule has 2 fully saturated rings. The highest BCUT2D eigenvalue weighted by atomic mass is 16.5. The van der Waals surface area contributed by atoms with Crippen LogP contribution < -0.4 is 5.32 Å². The Morgan fingerprint density at radius 2 is 2.06 bits per heavy atom. The highest BCUT2D eigenvalue weighted by Crippen LogP contribution is 2.15. The maximum absolute atomic E-state index is 5.59. The summed E-state index contributed by atoms with van der Waals surface area (Å²) in [6, 6.07) is 0. The van der Waals surface area contributed by atoms with Crippen LogP contribution >= 0.6 is 0 Å². The van der Waals surface area contributed by atoms with Gasteiger partial charge in [0.25, 0.3) is 0 Å². The quantitative estimate of drug-likeness (QED) is 0.717. The standard InChI is InChI=1S/C14H28N2O/c1-13-5-9-16(10-6-13)8-3-7-15-12-14-4-2-11-17-14/h13-15H,2-12H2,1H3. The molecule has 2 rings (SSSR count). The van der Waals surface area contributed by atoms with Gasteiger partial charge in [0.15, 0.2) is 0 Å². The summed E-state index contributed by atoms with van der Waals surface area (Å²) in [5.74, 6) is 0.948. The second-order valence-electron chi connectivity index (χ2n) is 5.72. The average Bonchev–Trinajstić information content (AvgIpc) is 2.84. The summed E-state index contributed by atoms with van der Waals surface area (Å²) in [6.45, 7) is 9.44. The van der Waals surface area contributed by atoms with Gasteiger partial charge in [-0.15, -0.1) is 0 Å². The van der Waals surface area contributed by atoms with Crippen LogP contribution in [0.4, 0.5) is 0 Å². The van der Waals surface area contributed by atoms with Crippen molar-refractivity contribution in [3.05, 3.63) is 0 Å². The smallest absolute Gasteiger partial charge is 0.0700 e. The third kappa shape index (κ3) is 4.94. The minimum atomic E-state index is 0.492. The van der Waals surface area contributed by atoms with Crippen molar-refractivity contribution in [2.24, 2.45) is 5.92 Å². The molecule has 3 heteroatoms. The molecule has 0 aromatic carbocycles. The molecule has 2 aliphatic rings. The molecule has 0 radical (unpaired) electrons. The maximum atomic E-state index is 5.59. The SMILES string of the molecule is CC1CCN(CCCNCC2CCCO2)CC1. The van der Waals surface area contributed by atoms with E-state index in [0.717, 1.165) is 25.6 Å². The Morgan fingerprint density at radius 1 is 1.24 bits per heavy atom. The zero-order chi connectivity index (χ0) is 11.9. The van der Waals surface area contributed by atoms with Crippen LogP contribution in [0.1, 0.15) is 39.0 Å². The predicted octanol–water partition coefficient (Wildman–Crippen LogP) is 1.88. The molecule has 0 aromatic heterocycles. The molecular weight excluding hydrogens is 212 g/mol. The first-order valence-corrected chi connectivity index (χ1v) is 7.39. The number of piperidine rings is 1. The average molecular weight is 240 g/mol. The molecule has 0 aromatic rings. The normalized spacial score (nSPS) is 27.7. The Balaban J connectivity index is 1.43. The van der Waals surface area contributed by atoms with E-state index in [0.29, 0.717) is 6.10 Å². The van der Waals surface area contributed by atoms with Crippen LogP contribution in [0.25, 0.3) is 0 Å². The molecule has 17 heavy (non-hydrogen) atoms. The van der Waals surface area contributed by atoms with Gasteiger partial charge in [0.05, 0.1) is 6.10 Å². The molecule has 0 spiro atoms. The van der Waals surface area contributed by atoms with E-state index < -0.39 is 0 Å². The van der Waals surface area contributed by atoms with Crippen LogP contribution in [0.5, 0.6) is 0 Å². The van der Waals surface area contributed by atoms with E-state index in [-0.39, 0.29) is 0 Å². The second kappa shape index (κ2) is 7.34. The van der Waals surface area contributed by atoms with E-state index in [1.165, 1.54) is 51.7 Å². The molecule has 2 saturated heterocycles. The minimum absolute atomic E-state index is 0.492. The Bertz CT molecular complexity index is 196. The van der Waals surface area contributed by atoms with E-state index in [9.17, 15) is 0 Å². The summed E-state index contributed by atoms with van der Waals surface area (Å²) in [5, 5.41) is 3.52. The highest BCUT2D eigenvalue weighted by molar-refractivity contribution is 4.70. The lowest BCUT2D eigenvalue weighted by atomic mass is 9.99. The van der Waals surface area contributed by atoms with Crippen molar-refractivity contribution < 1.29 is 4.74 Å². The van der Waals surface area contributed by atoms with Crippen molar-refractivity contribution in [2.75, 3.05) is 39.3 Å². The van der Waals surface area contributed by atoms with E-state index in [1.54, 1.807) is 0 Å². The molecular formula is C14H28N2O. The number of ether oxygens (including phenoxy) is 1. The molecule has 0 bridgehead atoms. The van der Waals surface area contributed by atoms with Gasteiger partial charge in [0.2, 0.25) is 0 Å². The molecule has 100 valence electrons. The highest BCUT2D eigenvalue weighted by Gasteiger charge is 2.16. The minimum Gasteiger partial charge on any atom is -0.377 e. The summed E-state index contributed by atoms with van der Waals surface area (Å²) in [5.41, 5.74) is 0. The summed E-state index contributed by atoms with van der Waals surface area (Å²) >= 11 is 0. The van der Waals surface area contributed by atoms with E-state index in [1.807, 2.05) is 0 Å². The van der Waals surface area contributed by atoms with Gasteiger partial charge in [-0.3, -0.25) is 0 Å². The molecule has 0 saturated carbocycles. The lowest BCUT2D eigenvalue weighted by molar-refractivity contribution is 0.109. The Morgan fingerprint density at radius 3 is 2.76 bits per heavy atom. The van der Waals surface area contributed by atoms with Crippen molar-refractivity contribution in [1.29, 1.82) is 0 Å². The maximum Gasteiger partial charge on any atom is 0.0700 e. The van der Waals surface area contributed by atoms with Gasteiger partial charge in [0, 0.05) is 13.2 Å². The predicted molar refractivity (Wildman–Crippen MR) is 71.3 cm³/mol. The fraction of sp³-hybridized carbons (Fsp3) is 1.00. The third-order valence-corrected chi connectivity index (χ3v) is 4.10. The topological polar surface area (TPSA) is 24.5 Å². The van der Waals surface area contributed by atoms with Crippen molar-refractivity contribution in [3.8, 4) is 0 Å². The van der Waals surface area contributed by atoms with Crippen LogP contribution in [0.2, 0.25) is 0 Å².